The van der Waals surface area contributed by atoms with Crippen LogP contribution in [-0.4, -0.2) is 11.7 Å². The number of aliphatic hydroxyl groups excluding tert-OH is 1. The van der Waals surface area contributed by atoms with E-state index in [1.54, 1.807) is 6.07 Å². The lowest BCUT2D eigenvalue weighted by Crippen LogP contribution is -2.66. The molecule has 1 N–H and O–H groups in total. The zero-order chi connectivity index (χ0) is 9.81. The zero-order valence-corrected chi connectivity index (χ0v) is 7.96. The first kappa shape index (κ1) is 8.42. The van der Waals surface area contributed by atoms with E-state index in [-0.39, 0.29) is 23.3 Å². The number of benzene rings is 1. The molecule has 0 radical (unpaired) electrons. The monoisotopic (exact) mass is 192 g/mol. The van der Waals surface area contributed by atoms with Crippen LogP contribution in [0.1, 0.15) is 24.8 Å². The highest BCUT2D eigenvalue weighted by atomic mass is 19.1. The van der Waals surface area contributed by atoms with Gasteiger partial charge in [-0.05, 0) is 36.3 Å². The normalized spacial score (nSPS) is 38.7. The summed E-state index contributed by atoms with van der Waals surface area (Å²) in [6.07, 6.45) is 2.91. The lowest BCUT2D eigenvalue weighted by atomic mass is 9.34. The summed E-state index contributed by atoms with van der Waals surface area (Å²) in [5.74, 6) is -0.0845. The lowest BCUT2D eigenvalue weighted by molar-refractivity contribution is -0.169. The van der Waals surface area contributed by atoms with Crippen LogP contribution in [0.2, 0.25) is 0 Å². The third-order valence-corrected chi connectivity index (χ3v) is 3.92. The highest BCUT2D eigenvalue weighted by molar-refractivity contribution is 5.39. The second-order valence-corrected chi connectivity index (χ2v) is 4.95. The van der Waals surface area contributed by atoms with Gasteiger partial charge < -0.3 is 5.11 Å². The van der Waals surface area contributed by atoms with Crippen LogP contribution in [0.4, 0.5) is 4.39 Å². The summed E-state index contributed by atoms with van der Waals surface area (Å²) in [7, 11) is 0. The molecule has 1 aromatic carbocycles. The lowest BCUT2D eigenvalue weighted by Gasteiger charge is -2.70. The molecular formula is C12H13FO. The molecule has 4 rings (SSSR count). The highest BCUT2D eigenvalue weighted by Gasteiger charge is 2.68. The van der Waals surface area contributed by atoms with Crippen LogP contribution < -0.4 is 0 Å². The fourth-order valence-corrected chi connectivity index (χ4v) is 3.34. The Morgan fingerprint density at radius 2 is 1.86 bits per heavy atom. The van der Waals surface area contributed by atoms with Crippen molar-refractivity contribution in [1.82, 2.24) is 0 Å². The molecule has 3 saturated carbocycles. The van der Waals surface area contributed by atoms with Crippen molar-refractivity contribution in [2.24, 2.45) is 5.41 Å². The van der Waals surface area contributed by atoms with Gasteiger partial charge in [0.05, 0.1) is 0 Å². The average Bonchev–Trinajstić information content (AvgIpc) is 2.04. The van der Waals surface area contributed by atoms with Crippen molar-refractivity contribution >= 4 is 0 Å². The topological polar surface area (TPSA) is 20.2 Å². The third kappa shape index (κ3) is 0.825. The van der Waals surface area contributed by atoms with Crippen LogP contribution >= 0.6 is 0 Å². The fourth-order valence-electron chi connectivity index (χ4n) is 3.34. The van der Waals surface area contributed by atoms with E-state index in [0.717, 1.165) is 24.8 Å². The molecule has 1 nitrogen and oxygen atoms in total. The molecule has 0 amide bonds. The molecule has 74 valence electrons. The molecule has 0 heterocycles. The summed E-state index contributed by atoms with van der Waals surface area (Å²) < 4.78 is 13.5. The van der Waals surface area contributed by atoms with Gasteiger partial charge >= 0.3 is 0 Å². The Labute approximate surface area is 82.6 Å². The van der Waals surface area contributed by atoms with Gasteiger partial charge in [0.15, 0.2) is 0 Å². The summed E-state index contributed by atoms with van der Waals surface area (Å²) in [5, 5.41) is 9.12. The predicted octanol–water partition coefficient (Wildman–Crippen LogP) is 2.24. The summed E-state index contributed by atoms with van der Waals surface area (Å²) in [4.78, 5) is 0. The van der Waals surface area contributed by atoms with E-state index in [0.29, 0.717) is 0 Å². The third-order valence-electron chi connectivity index (χ3n) is 3.92. The molecule has 14 heavy (non-hydrogen) atoms. The number of halogens is 1. The van der Waals surface area contributed by atoms with Crippen molar-refractivity contribution in [2.75, 3.05) is 6.61 Å². The first-order valence-corrected chi connectivity index (χ1v) is 5.06. The van der Waals surface area contributed by atoms with E-state index in [1.807, 2.05) is 12.1 Å². The maximum Gasteiger partial charge on any atom is 0.126 e. The second-order valence-electron chi connectivity index (χ2n) is 4.95. The molecule has 0 saturated heterocycles. The van der Waals surface area contributed by atoms with E-state index in [1.165, 1.54) is 6.07 Å². The molecule has 0 atom stereocenters. The minimum absolute atomic E-state index is 0.0775. The molecule has 2 heteroatoms. The summed E-state index contributed by atoms with van der Waals surface area (Å²) >= 11 is 0. The first-order chi connectivity index (χ1) is 6.70. The summed E-state index contributed by atoms with van der Waals surface area (Å²) in [6, 6.07) is 7.04. The van der Waals surface area contributed by atoms with Crippen LogP contribution in [0, 0.1) is 11.2 Å². The van der Waals surface area contributed by atoms with Crippen molar-refractivity contribution < 1.29 is 9.50 Å². The van der Waals surface area contributed by atoms with Crippen molar-refractivity contribution in [3.63, 3.8) is 0 Å². The largest absolute Gasteiger partial charge is 0.396 e. The van der Waals surface area contributed by atoms with Crippen LogP contribution in [0.15, 0.2) is 24.3 Å². The van der Waals surface area contributed by atoms with Crippen molar-refractivity contribution in [1.29, 1.82) is 0 Å². The van der Waals surface area contributed by atoms with Gasteiger partial charge in [-0.25, -0.2) is 4.39 Å². The molecule has 3 fully saturated rings. The predicted molar refractivity (Wildman–Crippen MR) is 51.4 cm³/mol. The average molecular weight is 192 g/mol. The van der Waals surface area contributed by atoms with Crippen molar-refractivity contribution in [2.45, 2.75) is 24.7 Å². The molecule has 3 aliphatic rings. The van der Waals surface area contributed by atoms with Crippen molar-refractivity contribution in [3.05, 3.63) is 35.6 Å². The van der Waals surface area contributed by atoms with Gasteiger partial charge in [-0.2, -0.15) is 0 Å². The fraction of sp³-hybridized carbons (Fsp3) is 0.500. The smallest absolute Gasteiger partial charge is 0.126 e. The number of hydrogen-bond acceptors (Lipinski definition) is 1. The molecule has 0 aliphatic heterocycles. The zero-order valence-electron chi connectivity index (χ0n) is 7.96. The Morgan fingerprint density at radius 1 is 1.21 bits per heavy atom. The van der Waals surface area contributed by atoms with Gasteiger partial charge in [0.2, 0.25) is 0 Å². The number of rotatable bonds is 2. The highest BCUT2D eigenvalue weighted by Crippen LogP contribution is 2.73. The minimum Gasteiger partial charge on any atom is -0.396 e. The molecule has 0 aromatic heterocycles. The van der Waals surface area contributed by atoms with Gasteiger partial charge in [0.25, 0.3) is 0 Å². The quantitative estimate of drug-likeness (QED) is 0.762. The van der Waals surface area contributed by atoms with E-state index in [4.69, 9.17) is 5.11 Å². The molecule has 1 aromatic rings. The van der Waals surface area contributed by atoms with E-state index >= 15 is 0 Å². The van der Waals surface area contributed by atoms with Gasteiger partial charge in [-0.15, -0.1) is 0 Å². The summed E-state index contributed by atoms with van der Waals surface area (Å²) in [5.41, 5.74) is 1.09. The Hall–Kier alpha value is -0.890. The minimum atomic E-state index is -0.0845. The van der Waals surface area contributed by atoms with E-state index < -0.39 is 0 Å². The van der Waals surface area contributed by atoms with Crippen LogP contribution in [0.25, 0.3) is 0 Å². The van der Waals surface area contributed by atoms with Crippen LogP contribution in [0.3, 0.4) is 0 Å². The number of hydrogen-bond donors (Lipinski definition) is 1. The maximum absolute atomic E-state index is 13.5. The van der Waals surface area contributed by atoms with Crippen LogP contribution in [-0.2, 0) is 5.41 Å². The van der Waals surface area contributed by atoms with Crippen LogP contribution in [0.5, 0.6) is 0 Å². The Balaban J connectivity index is 1.91. The molecule has 2 bridgehead atoms. The maximum atomic E-state index is 13.5. The molecule has 0 unspecified atom stereocenters. The molecular weight excluding hydrogens is 179 g/mol. The van der Waals surface area contributed by atoms with E-state index in [9.17, 15) is 4.39 Å². The second kappa shape index (κ2) is 2.37. The van der Waals surface area contributed by atoms with Gasteiger partial charge in [-0.3, -0.25) is 0 Å². The van der Waals surface area contributed by atoms with Crippen molar-refractivity contribution in [3.8, 4) is 0 Å². The van der Waals surface area contributed by atoms with Gasteiger partial charge in [0.1, 0.15) is 5.82 Å². The SMILES string of the molecule is OCC12CC(c3ccccc3F)(C1)C2. The number of aliphatic hydroxyl groups is 1. The Morgan fingerprint density at radius 3 is 2.43 bits per heavy atom. The van der Waals surface area contributed by atoms with Gasteiger partial charge in [-0.1, -0.05) is 18.2 Å². The standard InChI is InChI=1S/C12H13FO/c13-10-4-2-1-3-9(10)12-5-11(6-12,7-12)8-14/h1-4,14H,5-8H2. The van der Waals surface area contributed by atoms with E-state index in [2.05, 4.69) is 0 Å². The van der Waals surface area contributed by atoms with Gasteiger partial charge in [0, 0.05) is 12.0 Å². The molecule has 0 spiro atoms. The Kier molecular flexibility index (Phi) is 1.43. The first-order valence-electron chi connectivity index (χ1n) is 5.06. The summed E-state index contributed by atoms with van der Waals surface area (Å²) in [6.45, 7) is 0.267. The molecule has 3 aliphatic carbocycles. The Bertz CT molecular complexity index is 366.